The minimum absolute atomic E-state index is 0.259. The van der Waals surface area contributed by atoms with Crippen molar-refractivity contribution < 1.29 is 15.0 Å². The molecular formula is C19H24Cl2SiZr. The summed E-state index contributed by atoms with van der Waals surface area (Å²) in [5.41, 5.74) is 4.69. The Kier molecular flexibility index (Phi) is 4.78. The van der Waals surface area contributed by atoms with Gasteiger partial charge >= 0.3 is 149 Å². The number of hydrogen-bond acceptors (Lipinski definition) is 0. The van der Waals surface area contributed by atoms with Crippen LogP contribution in [0.2, 0.25) is 13.1 Å². The first kappa shape index (κ1) is 17.9. The number of rotatable bonds is 3. The average Bonchev–Trinajstić information content (AvgIpc) is 3.16. The molecule has 0 aliphatic heterocycles. The van der Waals surface area contributed by atoms with Crippen molar-refractivity contribution in [3.63, 3.8) is 0 Å². The molecule has 4 heteroatoms. The number of fused-ring (bicyclic) bond motifs is 1. The summed E-state index contributed by atoms with van der Waals surface area (Å²) in [4.78, 5) is 0. The van der Waals surface area contributed by atoms with Gasteiger partial charge in [-0.1, -0.05) is 0 Å². The molecule has 0 amide bonds. The summed E-state index contributed by atoms with van der Waals surface area (Å²) in [6, 6.07) is 6.62. The Hall–Kier alpha value is 0.120. The van der Waals surface area contributed by atoms with Gasteiger partial charge in [0.05, 0.1) is 0 Å². The number of aryl methyl sites for hydroxylation is 1. The van der Waals surface area contributed by atoms with Crippen molar-refractivity contribution in [2.24, 2.45) is 0 Å². The molecule has 0 bridgehead atoms. The molecule has 0 heterocycles. The predicted octanol–water partition coefficient (Wildman–Crippen LogP) is 6.94. The van der Waals surface area contributed by atoms with Crippen LogP contribution in [0.15, 0.2) is 45.3 Å². The van der Waals surface area contributed by atoms with E-state index in [1.165, 1.54) is 25.5 Å². The van der Waals surface area contributed by atoms with E-state index in [0.29, 0.717) is 0 Å². The third-order valence-corrected chi connectivity index (χ3v) is 51.4. The molecule has 0 saturated carbocycles. The van der Waals surface area contributed by atoms with Gasteiger partial charge in [0.2, 0.25) is 0 Å². The number of hydrogen-bond donors (Lipinski definition) is 0. The minimum atomic E-state index is -4.14. The van der Waals surface area contributed by atoms with E-state index in [0.717, 1.165) is 12.8 Å². The van der Waals surface area contributed by atoms with Crippen molar-refractivity contribution in [3.8, 4) is 0 Å². The number of benzene rings is 1. The van der Waals surface area contributed by atoms with E-state index in [4.69, 9.17) is 17.0 Å². The predicted molar refractivity (Wildman–Crippen MR) is 103 cm³/mol. The zero-order valence-electron chi connectivity index (χ0n) is 14.3. The van der Waals surface area contributed by atoms with Crippen LogP contribution in [0, 0.1) is 6.92 Å². The van der Waals surface area contributed by atoms with Gasteiger partial charge in [0.15, 0.2) is 0 Å². The summed E-state index contributed by atoms with van der Waals surface area (Å²) in [7, 11) is 15.3. The second-order valence-electron chi connectivity index (χ2n) is 6.99. The van der Waals surface area contributed by atoms with Gasteiger partial charge in [-0.3, -0.25) is 0 Å². The molecule has 2 aliphatic carbocycles. The van der Waals surface area contributed by atoms with Crippen molar-refractivity contribution in [1.29, 1.82) is 0 Å². The zero-order valence-corrected chi connectivity index (χ0v) is 19.3. The molecule has 0 saturated heterocycles. The Bertz CT molecular complexity index is 833. The molecule has 0 spiro atoms. The normalized spacial score (nSPS) is 20.4. The van der Waals surface area contributed by atoms with E-state index in [2.05, 4.69) is 69.4 Å². The van der Waals surface area contributed by atoms with Crippen LogP contribution in [-0.4, -0.2) is 5.43 Å². The van der Waals surface area contributed by atoms with Crippen LogP contribution in [0.3, 0.4) is 0 Å². The first-order valence-electron chi connectivity index (χ1n) is 8.34. The zero-order chi connectivity index (χ0) is 16.9. The molecule has 0 nitrogen and oxygen atoms in total. The fourth-order valence-corrected chi connectivity index (χ4v) is 29.5. The van der Waals surface area contributed by atoms with Gasteiger partial charge in [0.25, 0.3) is 0 Å². The van der Waals surface area contributed by atoms with Crippen molar-refractivity contribution in [3.05, 3.63) is 62.0 Å². The molecule has 3 rings (SSSR count). The Labute approximate surface area is 148 Å². The first-order chi connectivity index (χ1) is 10.8. The summed E-state index contributed by atoms with van der Waals surface area (Å²) < 4.78 is 1.63. The monoisotopic (exact) mass is 440 g/mol. The van der Waals surface area contributed by atoms with E-state index in [1.807, 2.05) is 0 Å². The summed E-state index contributed by atoms with van der Waals surface area (Å²) in [5, 5.41) is 0. The van der Waals surface area contributed by atoms with E-state index in [-0.39, 0.29) is 3.63 Å². The van der Waals surface area contributed by atoms with Crippen LogP contribution in [0.4, 0.5) is 0 Å². The van der Waals surface area contributed by atoms with Crippen molar-refractivity contribution >= 4 is 28.5 Å². The van der Waals surface area contributed by atoms with Crippen LogP contribution in [0.5, 0.6) is 0 Å². The van der Waals surface area contributed by atoms with Crippen LogP contribution in [0.25, 0.3) is 6.08 Å². The quantitative estimate of drug-likeness (QED) is 0.445. The van der Waals surface area contributed by atoms with E-state index < -0.39 is 20.4 Å². The average molecular weight is 443 g/mol. The van der Waals surface area contributed by atoms with Gasteiger partial charge in [-0.05, 0) is 0 Å². The molecule has 1 atom stereocenters. The molecule has 0 fully saturated rings. The fraction of sp³-hybridized carbons (Fsp3) is 0.368. The van der Waals surface area contributed by atoms with Gasteiger partial charge in [0, 0.05) is 0 Å². The van der Waals surface area contributed by atoms with Crippen molar-refractivity contribution in [1.82, 2.24) is 0 Å². The van der Waals surface area contributed by atoms with Crippen LogP contribution in [0.1, 0.15) is 40.1 Å². The van der Waals surface area contributed by atoms with Crippen LogP contribution in [-0.2, 0) is 15.0 Å². The maximum atomic E-state index is 7.67. The number of halogens is 2. The van der Waals surface area contributed by atoms with E-state index in [1.54, 1.807) is 0 Å². The maximum absolute atomic E-state index is 7.67. The second kappa shape index (κ2) is 6.13. The SMILES string of the molecule is CCC1=Cc2c(C)cccc2[CH]1[Zr]([Cl])([Cl])([C]1=CC=CC1)=[Si](C)C. The van der Waals surface area contributed by atoms with Crippen LogP contribution < -0.4 is 0 Å². The molecule has 1 unspecified atom stereocenters. The topological polar surface area (TPSA) is 0 Å². The fourth-order valence-electron chi connectivity index (χ4n) is 4.11. The molecular weight excluding hydrogens is 418 g/mol. The summed E-state index contributed by atoms with van der Waals surface area (Å²) in [6.45, 7) is 9.09. The van der Waals surface area contributed by atoms with Gasteiger partial charge in [0.1, 0.15) is 0 Å². The Morgan fingerprint density at radius 1 is 1.26 bits per heavy atom. The Morgan fingerprint density at radius 3 is 2.57 bits per heavy atom. The van der Waals surface area contributed by atoms with Crippen molar-refractivity contribution in [2.45, 2.75) is 43.4 Å². The molecule has 23 heavy (non-hydrogen) atoms. The first-order valence-corrected chi connectivity index (χ1v) is 23.5. The van der Waals surface area contributed by atoms with Gasteiger partial charge < -0.3 is 0 Å². The molecule has 0 radical (unpaired) electrons. The van der Waals surface area contributed by atoms with Crippen LogP contribution >= 0.6 is 17.0 Å². The number of allylic oxidation sites excluding steroid dienone is 5. The van der Waals surface area contributed by atoms with Gasteiger partial charge in [-0.15, -0.1) is 0 Å². The summed E-state index contributed by atoms with van der Waals surface area (Å²) in [6.07, 6.45) is 10.9. The third kappa shape index (κ3) is 2.56. The Morgan fingerprint density at radius 2 is 2.00 bits per heavy atom. The van der Waals surface area contributed by atoms with Gasteiger partial charge in [-0.2, -0.15) is 0 Å². The molecule has 122 valence electrons. The summed E-state index contributed by atoms with van der Waals surface area (Å²) >= 11 is -4.14. The van der Waals surface area contributed by atoms with E-state index in [9.17, 15) is 0 Å². The molecule has 1 aromatic carbocycles. The van der Waals surface area contributed by atoms with Gasteiger partial charge in [-0.25, -0.2) is 0 Å². The van der Waals surface area contributed by atoms with E-state index >= 15 is 0 Å². The van der Waals surface area contributed by atoms with Crippen molar-refractivity contribution in [2.75, 3.05) is 0 Å². The molecule has 0 N–H and O–H groups in total. The Balaban J connectivity index is 2.34. The summed E-state index contributed by atoms with van der Waals surface area (Å²) in [5.74, 6) is 0. The molecule has 1 aromatic rings. The molecule has 2 aliphatic rings. The molecule has 0 aromatic heterocycles. The standard InChI is InChI=1S/C12H13.C5H5.C2H6Si.2ClH.Zr/c1-3-10-7-11-6-4-5-9(2)12(11)8-10;1-2-4-5-3-1;1-3-2;;;/h4-8H,3H2,1-2H3;1-3H,4H2;1-2H3;2*1H;/q;;;;;+2/p-2. The second-order valence-corrected chi connectivity index (χ2v) is 45.0. The third-order valence-electron chi connectivity index (χ3n) is 5.56.